The van der Waals surface area contributed by atoms with Crippen molar-refractivity contribution in [3.63, 3.8) is 0 Å². The van der Waals surface area contributed by atoms with Crippen LogP contribution in [-0.2, 0) is 0 Å². The molecular formula is C19H23ClN2O2S. The SMILES string of the molecule is CCCCC[C@H](C)NC(=O)c1ccc(Cl)c(NC(=O)c2cccs2)c1. The molecule has 0 saturated heterocycles. The van der Waals surface area contributed by atoms with Crippen LogP contribution >= 0.6 is 22.9 Å². The molecule has 0 fully saturated rings. The molecule has 2 amide bonds. The quantitative estimate of drug-likeness (QED) is 0.608. The Balaban J connectivity index is 2.02. The summed E-state index contributed by atoms with van der Waals surface area (Å²) >= 11 is 7.50. The van der Waals surface area contributed by atoms with Gasteiger partial charge in [0.1, 0.15) is 0 Å². The number of carbonyl (C=O) groups excluding carboxylic acids is 2. The van der Waals surface area contributed by atoms with Gasteiger partial charge >= 0.3 is 0 Å². The maximum atomic E-state index is 12.4. The number of anilines is 1. The average molecular weight is 379 g/mol. The highest BCUT2D eigenvalue weighted by Gasteiger charge is 2.14. The van der Waals surface area contributed by atoms with Gasteiger partial charge in [-0.1, -0.05) is 43.9 Å². The van der Waals surface area contributed by atoms with Gasteiger partial charge < -0.3 is 10.6 Å². The molecule has 1 aromatic heterocycles. The molecular weight excluding hydrogens is 356 g/mol. The van der Waals surface area contributed by atoms with Crippen LogP contribution in [0, 0.1) is 0 Å². The first-order valence-electron chi connectivity index (χ1n) is 8.46. The van der Waals surface area contributed by atoms with E-state index in [-0.39, 0.29) is 17.9 Å². The van der Waals surface area contributed by atoms with Gasteiger partial charge in [0.25, 0.3) is 11.8 Å². The highest BCUT2D eigenvalue weighted by atomic mass is 35.5. The fourth-order valence-corrected chi connectivity index (χ4v) is 3.22. The van der Waals surface area contributed by atoms with Gasteiger partial charge in [-0.05, 0) is 43.0 Å². The van der Waals surface area contributed by atoms with Crippen LogP contribution in [0.25, 0.3) is 0 Å². The van der Waals surface area contributed by atoms with Crippen molar-refractivity contribution < 1.29 is 9.59 Å². The van der Waals surface area contributed by atoms with Crippen molar-refractivity contribution in [3.05, 3.63) is 51.2 Å². The van der Waals surface area contributed by atoms with Gasteiger partial charge in [-0.25, -0.2) is 0 Å². The van der Waals surface area contributed by atoms with E-state index in [2.05, 4.69) is 17.6 Å². The number of hydrogen-bond donors (Lipinski definition) is 2. The molecule has 2 N–H and O–H groups in total. The largest absolute Gasteiger partial charge is 0.350 e. The van der Waals surface area contributed by atoms with E-state index in [1.165, 1.54) is 17.8 Å². The molecule has 134 valence electrons. The Labute approximate surface area is 157 Å². The first-order chi connectivity index (χ1) is 12.0. The number of amides is 2. The Kier molecular flexibility index (Phi) is 7.47. The minimum Gasteiger partial charge on any atom is -0.350 e. The van der Waals surface area contributed by atoms with Crippen LogP contribution in [0.2, 0.25) is 5.02 Å². The zero-order valence-electron chi connectivity index (χ0n) is 14.5. The molecule has 4 nitrogen and oxygen atoms in total. The van der Waals surface area contributed by atoms with Crippen LogP contribution < -0.4 is 10.6 Å². The number of unbranched alkanes of at least 4 members (excludes halogenated alkanes) is 2. The van der Waals surface area contributed by atoms with Gasteiger partial charge in [-0.3, -0.25) is 9.59 Å². The number of nitrogens with one attached hydrogen (secondary N) is 2. The molecule has 0 aliphatic rings. The third kappa shape index (κ3) is 5.87. The monoisotopic (exact) mass is 378 g/mol. The zero-order chi connectivity index (χ0) is 18.2. The smallest absolute Gasteiger partial charge is 0.265 e. The maximum absolute atomic E-state index is 12.4. The molecule has 1 atom stereocenters. The molecule has 0 radical (unpaired) electrons. The van der Waals surface area contributed by atoms with Crippen LogP contribution in [0.4, 0.5) is 5.69 Å². The molecule has 1 heterocycles. The lowest BCUT2D eigenvalue weighted by Gasteiger charge is -2.14. The van der Waals surface area contributed by atoms with E-state index in [0.29, 0.717) is 21.2 Å². The molecule has 2 rings (SSSR count). The predicted molar refractivity (Wildman–Crippen MR) is 105 cm³/mol. The molecule has 0 spiro atoms. The van der Waals surface area contributed by atoms with Crippen molar-refractivity contribution in [2.45, 2.75) is 45.6 Å². The zero-order valence-corrected chi connectivity index (χ0v) is 16.0. The van der Waals surface area contributed by atoms with Crippen molar-refractivity contribution >= 4 is 40.4 Å². The van der Waals surface area contributed by atoms with Crippen molar-refractivity contribution in [2.24, 2.45) is 0 Å². The summed E-state index contributed by atoms with van der Waals surface area (Å²) < 4.78 is 0. The summed E-state index contributed by atoms with van der Waals surface area (Å²) in [5.41, 5.74) is 0.916. The van der Waals surface area contributed by atoms with E-state index in [1.54, 1.807) is 24.3 Å². The lowest BCUT2D eigenvalue weighted by atomic mass is 10.1. The van der Waals surface area contributed by atoms with Crippen molar-refractivity contribution in [2.75, 3.05) is 5.32 Å². The Morgan fingerprint density at radius 1 is 1.20 bits per heavy atom. The van der Waals surface area contributed by atoms with Crippen molar-refractivity contribution in [1.82, 2.24) is 5.32 Å². The number of rotatable bonds is 8. The fourth-order valence-electron chi connectivity index (χ4n) is 2.43. The molecule has 0 aliphatic carbocycles. The average Bonchev–Trinajstić information content (AvgIpc) is 3.11. The van der Waals surface area contributed by atoms with Gasteiger partial charge in [-0.15, -0.1) is 11.3 Å². The van der Waals surface area contributed by atoms with E-state index in [1.807, 2.05) is 18.4 Å². The summed E-state index contributed by atoms with van der Waals surface area (Å²) in [5, 5.41) is 7.99. The van der Waals surface area contributed by atoms with E-state index in [9.17, 15) is 9.59 Å². The molecule has 1 aromatic carbocycles. The Morgan fingerprint density at radius 2 is 2.00 bits per heavy atom. The summed E-state index contributed by atoms with van der Waals surface area (Å²) in [5.74, 6) is -0.394. The topological polar surface area (TPSA) is 58.2 Å². The van der Waals surface area contributed by atoms with Crippen LogP contribution in [0.3, 0.4) is 0 Å². The van der Waals surface area contributed by atoms with Crippen LogP contribution in [-0.4, -0.2) is 17.9 Å². The van der Waals surface area contributed by atoms with Gasteiger partial charge in [0.15, 0.2) is 0 Å². The van der Waals surface area contributed by atoms with E-state index < -0.39 is 0 Å². The third-order valence-corrected chi connectivity index (χ3v) is 5.04. The van der Waals surface area contributed by atoms with Gasteiger partial charge in [0.05, 0.1) is 15.6 Å². The van der Waals surface area contributed by atoms with Crippen molar-refractivity contribution in [3.8, 4) is 0 Å². The predicted octanol–water partition coefficient (Wildman–Crippen LogP) is 5.35. The highest BCUT2D eigenvalue weighted by Crippen LogP contribution is 2.24. The van der Waals surface area contributed by atoms with Crippen LogP contribution in [0.1, 0.15) is 59.6 Å². The number of benzene rings is 1. The van der Waals surface area contributed by atoms with Crippen molar-refractivity contribution in [1.29, 1.82) is 0 Å². The summed E-state index contributed by atoms with van der Waals surface area (Å²) in [4.78, 5) is 25.2. The summed E-state index contributed by atoms with van der Waals surface area (Å²) in [6.45, 7) is 4.16. The number of hydrogen-bond acceptors (Lipinski definition) is 3. The minimum absolute atomic E-state index is 0.110. The minimum atomic E-state index is -0.234. The Morgan fingerprint density at radius 3 is 2.68 bits per heavy atom. The molecule has 0 unspecified atom stereocenters. The normalized spacial score (nSPS) is 11.8. The third-order valence-electron chi connectivity index (χ3n) is 3.84. The van der Waals surface area contributed by atoms with Crippen LogP contribution in [0.15, 0.2) is 35.7 Å². The molecule has 6 heteroatoms. The summed E-state index contributed by atoms with van der Waals surface area (Å²) in [6, 6.07) is 8.56. The first-order valence-corrected chi connectivity index (χ1v) is 9.72. The summed E-state index contributed by atoms with van der Waals surface area (Å²) in [7, 11) is 0. The number of halogens is 1. The first kappa shape index (κ1) is 19.5. The van der Waals surface area contributed by atoms with E-state index in [0.717, 1.165) is 19.3 Å². The molecule has 2 aromatic rings. The molecule has 0 aliphatic heterocycles. The number of carbonyl (C=O) groups is 2. The Hall–Kier alpha value is -1.85. The lowest BCUT2D eigenvalue weighted by molar-refractivity contribution is 0.0936. The Bertz CT molecular complexity index is 716. The second-order valence-corrected chi connectivity index (χ2v) is 7.35. The lowest BCUT2D eigenvalue weighted by Crippen LogP contribution is -2.32. The summed E-state index contributed by atoms with van der Waals surface area (Å²) in [6.07, 6.45) is 4.38. The highest BCUT2D eigenvalue weighted by molar-refractivity contribution is 7.12. The van der Waals surface area contributed by atoms with E-state index in [4.69, 9.17) is 11.6 Å². The van der Waals surface area contributed by atoms with Crippen LogP contribution in [0.5, 0.6) is 0 Å². The second-order valence-electron chi connectivity index (χ2n) is 6.00. The van der Waals surface area contributed by atoms with Gasteiger partial charge in [0.2, 0.25) is 0 Å². The molecule has 0 bridgehead atoms. The van der Waals surface area contributed by atoms with Gasteiger partial charge in [-0.2, -0.15) is 0 Å². The molecule has 0 saturated carbocycles. The maximum Gasteiger partial charge on any atom is 0.265 e. The van der Waals surface area contributed by atoms with E-state index >= 15 is 0 Å². The standard InChI is InChI=1S/C19H23ClN2O2S/c1-3-4-5-7-13(2)21-18(23)14-9-10-15(20)16(12-14)22-19(24)17-8-6-11-25-17/h6,8-13H,3-5,7H2,1-2H3,(H,21,23)(H,22,24)/t13-/m0/s1. The number of thiophene rings is 1. The molecule has 25 heavy (non-hydrogen) atoms. The fraction of sp³-hybridized carbons (Fsp3) is 0.368. The second kappa shape index (κ2) is 9.59. The van der Waals surface area contributed by atoms with Gasteiger partial charge in [0, 0.05) is 11.6 Å².